The topological polar surface area (TPSA) is 149 Å². The van der Waals surface area contributed by atoms with Crippen molar-refractivity contribution in [3.8, 4) is 0 Å². The fraction of sp³-hybridized carbons (Fsp3) is 0.217. The number of sulfonamides is 1. The molecule has 3 rings (SSSR count). The average molecular weight is 484 g/mol. The number of nitrogens with zero attached hydrogens (tertiary/aromatic N) is 3. The maximum Gasteiger partial charge on any atom is 0.293 e. The van der Waals surface area contributed by atoms with Crippen LogP contribution in [0.2, 0.25) is 0 Å². The molecule has 3 N–H and O–H groups in total. The zero-order valence-electron chi connectivity index (χ0n) is 18.9. The normalized spacial score (nSPS) is 13.1. The molecule has 0 aliphatic rings. The first kappa shape index (κ1) is 24.8. The van der Waals surface area contributed by atoms with Crippen molar-refractivity contribution in [2.75, 3.05) is 12.4 Å². The molecule has 0 bridgehead atoms. The number of benzene rings is 2. The molecule has 0 radical (unpaired) electrons. The minimum Gasteiger partial charge on any atom is -0.371 e. The number of carbonyl (C=O) groups is 1. The maximum absolute atomic E-state index is 13.1. The monoisotopic (exact) mass is 483 g/mol. The van der Waals surface area contributed by atoms with Gasteiger partial charge in [-0.05, 0) is 55.8 Å². The molecule has 0 aliphatic carbocycles. The molecular weight excluding hydrogens is 458 g/mol. The van der Waals surface area contributed by atoms with Crippen LogP contribution in [0.5, 0.6) is 0 Å². The Morgan fingerprint density at radius 2 is 1.79 bits per heavy atom. The molecule has 2 atom stereocenters. The third-order valence-electron chi connectivity index (χ3n) is 5.54. The van der Waals surface area contributed by atoms with Crippen molar-refractivity contribution < 1.29 is 18.1 Å². The van der Waals surface area contributed by atoms with Crippen LogP contribution < -0.4 is 10.5 Å². The summed E-state index contributed by atoms with van der Waals surface area (Å²) in [6.45, 7) is 3.60. The van der Waals surface area contributed by atoms with E-state index in [9.17, 15) is 23.3 Å². The van der Waals surface area contributed by atoms with Crippen LogP contribution in [0.3, 0.4) is 0 Å². The molecule has 1 aromatic heterocycles. The highest BCUT2D eigenvalue weighted by atomic mass is 32.2. The van der Waals surface area contributed by atoms with E-state index < -0.39 is 26.9 Å². The van der Waals surface area contributed by atoms with Gasteiger partial charge in [-0.15, -0.1) is 0 Å². The maximum atomic E-state index is 13.1. The number of nitrogens with two attached hydrogens (primary N) is 1. The van der Waals surface area contributed by atoms with Gasteiger partial charge in [0.05, 0.1) is 27.6 Å². The number of nitro groups is 1. The van der Waals surface area contributed by atoms with E-state index in [1.165, 1.54) is 35.2 Å². The van der Waals surface area contributed by atoms with Gasteiger partial charge >= 0.3 is 0 Å². The quantitative estimate of drug-likeness (QED) is 0.367. The van der Waals surface area contributed by atoms with Crippen LogP contribution in [0.15, 0.2) is 71.8 Å². The Hall–Kier alpha value is -3.83. The van der Waals surface area contributed by atoms with Gasteiger partial charge in [0.1, 0.15) is 5.69 Å². The Kier molecular flexibility index (Phi) is 7.28. The second-order valence-corrected chi connectivity index (χ2v) is 9.38. The number of aromatic nitrogens is 1. The third-order valence-corrected chi connectivity index (χ3v) is 6.47. The van der Waals surface area contributed by atoms with Crippen LogP contribution in [0.1, 0.15) is 47.5 Å². The molecule has 1 amide bonds. The van der Waals surface area contributed by atoms with E-state index in [4.69, 9.17) is 5.14 Å². The predicted octanol–water partition coefficient (Wildman–Crippen LogP) is 3.64. The van der Waals surface area contributed by atoms with Gasteiger partial charge in [-0.3, -0.25) is 19.9 Å². The first-order chi connectivity index (χ1) is 16.0. The highest BCUT2D eigenvalue weighted by Gasteiger charge is 2.24. The van der Waals surface area contributed by atoms with Crippen molar-refractivity contribution >= 4 is 27.3 Å². The van der Waals surface area contributed by atoms with E-state index in [0.717, 1.165) is 5.69 Å². The minimum absolute atomic E-state index is 0.0314. The lowest BCUT2D eigenvalue weighted by atomic mass is 10.1. The van der Waals surface area contributed by atoms with Gasteiger partial charge in [-0.25, -0.2) is 13.6 Å². The average Bonchev–Trinajstić information content (AvgIpc) is 2.82. The van der Waals surface area contributed by atoms with Crippen molar-refractivity contribution in [1.29, 1.82) is 0 Å². The first-order valence-electron chi connectivity index (χ1n) is 10.3. The molecule has 10 nitrogen and oxygen atoms in total. The van der Waals surface area contributed by atoms with E-state index in [1.54, 1.807) is 38.4 Å². The van der Waals surface area contributed by atoms with Crippen molar-refractivity contribution in [3.05, 3.63) is 93.8 Å². The summed E-state index contributed by atoms with van der Waals surface area (Å²) in [4.78, 5) is 29.9. The number of rotatable bonds is 8. The van der Waals surface area contributed by atoms with Crippen molar-refractivity contribution in [3.63, 3.8) is 0 Å². The molecule has 0 fully saturated rings. The van der Waals surface area contributed by atoms with Gasteiger partial charge in [0.15, 0.2) is 0 Å². The lowest BCUT2D eigenvalue weighted by molar-refractivity contribution is -0.384. The van der Waals surface area contributed by atoms with Gasteiger partial charge < -0.3 is 10.2 Å². The molecule has 178 valence electrons. The molecule has 0 aliphatic heterocycles. The van der Waals surface area contributed by atoms with Gasteiger partial charge in [0, 0.05) is 24.9 Å². The largest absolute Gasteiger partial charge is 0.371 e. The van der Waals surface area contributed by atoms with Crippen molar-refractivity contribution in [1.82, 2.24) is 9.88 Å². The lowest BCUT2D eigenvalue weighted by Crippen LogP contribution is -2.29. The fourth-order valence-electron chi connectivity index (χ4n) is 3.42. The molecule has 11 heteroatoms. The Bertz CT molecular complexity index is 1300. The Morgan fingerprint density at radius 3 is 2.35 bits per heavy atom. The number of amides is 1. The zero-order valence-corrected chi connectivity index (χ0v) is 19.7. The summed E-state index contributed by atoms with van der Waals surface area (Å²) in [5.41, 5.74) is 1.60. The Labute approximate surface area is 197 Å². The van der Waals surface area contributed by atoms with Crippen LogP contribution in [-0.4, -0.2) is 36.2 Å². The lowest BCUT2D eigenvalue weighted by Gasteiger charge is -2.26. The van der Waals surface area contributed by atoms with Crippen LogP contribution in [0.25, 0.3) is 0 Å². The second-order valence-electron chi connectivity index (χ2n) is 7.82. The number of hydrogen-bond acceptors (Lipinski definition) is 7. The van der Waals surface area contributed by atoms with Crippen LogP contribution in [0, 0.1) is 10.1 Å². The van der Waals surface area contributed by atoms with E-state index in [-0.39, 0.29) is 27.9 Å². The number of pyridine rings is 1. The summed E-state index contributed by atoms with van der Waals surface area (Å²) in [7, 11) is -2.25. The Morgan fingerprint density at radius 1 is 1.12 bits per heavy atom. The fourth-order valence-corrected chi connectivity index (χ4v) is 3.93. The third kappa shape index (κ3) is 5.56. The molecule has 3 aromatic rings. The molecule has 0 saturated carbocycles. The zero-order chi connectivity index (χ0) is 25.0. The number of primary sulfonamides is 1. The van der Waals surface area contributed by atoms with Gasteiger partial charge in [-0.2, -0.15) is 0 Å². The summed E-state index contributed by atoms with van der Waals surface area (Å²) >= 11 is 0. The van der Waals surface area contributed by atoms with Crippen molar-refractivity contribution in [2.24, 2.45) is 5.14 Å². The van der Waals surface area contributed by atoms with Crippen LogP contribution >= 0.6 is 0 Å². The van der Waals surface area contributed by atoms with E-state index in [2.05, 4.69) is 10.3 Å². The summed E-state index contributed by atoms with van der Waals surface area (Å²) in [6.07, 6.45) is 1.64. The minimum atomic E-state index is -3.82. The van der Waals surface area contributed by atoms with Gasteiger partial charge in [-0.1, -0.05) is 18.2 Å². The summed E-state index contributed by atoms with van der Waals surface area (Å²) in [6, 6.07) is 14.9. The SMILES string of the molecule is CC(Nc1ccc(C(=O)N(C)C(C)c2ccc(S(N)(=O)=O)cc2)cc1[N+](=O)[O-])c1ccccn1. The van der Waals surface area contributed by atoms with E-state index in [0.29, 0.717) is 5.56 Å². The smallest absolute Gasteiger partial charge is 0.293 e. The number of anilines is 1. The summed E-state index contributed by atoms with van der Waals surface area (Å²) < 4.78 is 22.9. The van der Waals surface area contributed by atoms with Gasteiger partial charge in [0.2, 0.25) is 10.0 Å². The molecule has 34 heavy (non-hydrogen) atoms. The van der Waals surface area contributed by atoms with E-state index in [1.807, 2.05) is 19.1 Å². The molecule has 2 aromatic carbocycles. The first-order valence-corrected chi connectivity index (χ1v) is 11.9. The highest BCUT2D eigenvalue weighted by Crippen LogP contribution is 2.30. The summed E-state index contributed by atoms with van der Waals surface area (Å²) in [5, 5.41) is 19.9. The highest BCUT2D eigenvalue weighted by molar-refractivity contribution is 7.89. The van der Waals surface area contributed by atoms with E-state index >= 15 is 0 Å². The number of nitro benzene ring substituents is 1. The van der Waals surface area contributed by atoms with Gasteiger partial charge in [0.25, 0.3) is 11.6 Å². The standard InChI is InChI=1S/C23H25N5O5S/c1-15(20-6-4-5-13-25-20)26-21-12-9-18(14-22(21)28(30)31)23(29)27(3)16(2)17-7-10-19(11-8-17)34(24,32)33/h4-16,26H,1-3H3,(H2,24,32,33). The number of nitrogens with one attached hydrogen (secondary N) is 1. The van der Waals surface area contributed by atoms with Crippen LogP contribution in [0.4, 0.5) is 11.4 Å². The van der Waals surface area contributed by atoms with Crippen LogP contribution in [-0.2, 0) is 10.0 Å². The molecule has 0 saturated heterocycles. The molecule has 1 heterocycles. The Balaban J connectivity index is 1.82. The number of hydrogen-bond donors (Lipinski definition) is 2. The molecule has 0 spiro atoms. The molecule has 2 unspecified atom stereocenters. The second kappa shape index (κ2) is 9.98. The number of carbonyl (C=O) groups excluding carboxylic acids is 1. The molecular formula is C23H25N5O5S. The summed E-state index contributed by atoms with van der Waals surface area (Å²) in [5.74, 6) is -0.421. The van der Waals surface area contributed by atoms with Crippen molar-refractivity contribution in [2.45, 2.75) is 30.8 Å². The predicted molar refractivity (Wildman–Crippen MR) is 128 cm³/mol.